The molecule has 1 aromatic rings. The molecule has 11 rings (SSSR count). The third kappa shape index (κ3) is 5.35. The molecule has 0 radical (unpaired) electrons. The van der Waals surface area contributed by atoms with Gasteiger partial charge in [-0.1, -0.05) is 78.3 Å². The van der Waals surface area contributed by atoms with Crippen molar-refractivity contribution < 1.29 is 38.4 Å². The van der Waals surface area contributed by atoms with Crippen LogP contribution in [-0.4, -0.2) is 48.4 Å². The summed E-state index contributed by atoms with van der Waals surface area (Å²) in [5.41, 5.74) is 5.72. The number of aliphatic hydroxyl groups is 1. The number of rotatable bonds is 2. The lowest BCUT2D eigenvalue weighted by molar-refractivity contribution is -0.231. The monoisotopic (exact) mass is 927 g/mol. The fourth-order valence-corrected chi connectivity index (χ4v) is 18.8. The number of fused-ring (bicyclic) bond motifs is 17. The van der Waals surface area contributed by atoms with Crippen LogP contribution < -0.4 is 9.47 Å². The maximum atomic E-state index is 14.8. The van der Waals surface area contributed by atoms with Crippen LogP contribution in [0.2, 0.25) is 0 Å². The summed E-state index contributed by atoms with van der Waals surface area (Å²) in [6.45, 7) is 27.7. The molecule has 1 N–H and O–H groups in total. The average molecular weight is 927 g/mol. The Labute approximate surface area is 405 Å². The zero-order valence-corrected chi connectivity index (χ0v) is 43.7. The predicted molar refractivity (Wildman–Crippen MR) is 264 cm³/mol. The molecule has 1 aliphatic heterocycles. The minimum atomic E-state index is -2.28. The summed E-state index contributed by atoms with van der Waals surface area (Å²) in [6.07, 6.45) is 23.2. The molecule has 14 atom stereocenters. The molecule has 0 spiro atoms. The summed E-state index contributed by atoms with van der Waals surface area (Å²) in [4.78, 5) is 41.5. The normalized spacial score (nSPS) is 48.2. The van der Waals surface area contributed by atoms with Crippen LogP contribution in [-0.2, 0) is 29.3 Å². The summed E-state index contributed by atoms with van der Waals surface area (Å²) in [5, 5.41) is 12.8. The van der Waals surface area contributed by atoms with Crippen molar-refractivity contribution >= 4 is 23.8 Å². The van der Waals surface area contributed by atoms with Gasteiger partial charge in [0, 0.05) is 22.0 Å². The molecule has 5 saturated carbocycles. The number of hydrogen-bond donors (Lipinski definition) is 1. The van der Waals surface area contributed by atoms with Gasteiger partial charge in [0.15, 0.2) is 11.5 Å². The van der Waals surface area contributed by atoms with Gasteiger partial charge in [-0.15, -0.1) is 0 Å². The maximum absolute atomic E-state index is 14.8. The van der Waals surface area contributed by atoms with Crippen LogP contribution in [0.5, 0.6) is 11.5 Å². The van der Waals surface area contributed by atoms with Crippen LogP contribution >= 0.6 is 0 Å². The van der Waals surface area contributed by atoms with E-state index in [2.05, 4.69) is 99.6 Å². The summed E-state index contributed by atoms with van der Waals surface area (Å²) >= 11 is 0. The Kier molecular flexibility index (Phi) is 9.38. The Bertz CT molecular complexity index is 2680. The van der Waals surface area contributed by atoms with Crippen molar-refractivity contribution in [1.29, 1.82) is 0 Å². The standard InChI is InChI=1S/C60H78O8/c1-34-31-51(4)20-22-52(5,48(62)65-13)32-43(51)56(9)25-24-54(7)38(46(34)56)17-16-37-40(54)30-45(61)60(64)59(37,12)67-41-29-39-36(35(2)47(41)68-60)15-18-42-55(39,8)26-28-58(11)44-33-53(6,49(63)66-14)21-19-50(44,3)23-27-57(42,58)10/h15-18,29-30,42-44,64H,19-28,31-33H2,1-14H3. The van der Waals surface area contributed by atoms with Gasteiger partial charge in [0.25, 0.3) is 0 Å². The number of carbonyl (C=O) groups is 3. The van der Waals surface area contributed by atoms with Gasteiger partial charge >= 0.3 is 17.7 Å². The van der Waals surface area contributed by atoms with Crippen molar-refractivity contribution in [1.82, 2.24) is 0 Å². The van der Waals surface area contributed by atoms with Gasteiger partial charge in [-0.3, -0.25) is 14.4 Å². The van der Waals surface area contributed by atoms with Gasteiger partial charge in [-0.2, -0.15) is 0 Å². The second-order valence-electron chi connectivity index (χ2n) is 26.9. The van der Waals surface area contributed by atoms with E-state index in [9.17, 15) is 19.5 Å². The van der Waals surface area contributed by atoms with Crippen LogP contribution in [0.1, 0.15) is 176 Å². The molecule has 10 aliphatic rings. The first-order chi connectivity index (χ1) is 31.6. The number of carbonyl (C=O) groups excluding carboxylic acids is 3. The van der Waals surface area contributed by atoms with E-state index in [-0.39, 0.29) is 56.3 Å². The third-order valence-electron chi connectivity index (χ3n) is 23.4. The number of ketones is 1. The second kappa shape index (κ2) is 13.7. The smallest absolute Gasteiger partial charge is 0.317 e. The summed E-state index contributed by atoms with van der Waals surface area (Å²) < 4.78 is 24.9. The number of methoxy groups -OCH3 is 2. The lowest BCUT2D eigenvalue weighted by Crippen LogP contribution is -2.69. The molecular formula is C60H78O8. The number of ether oxygens (including phenoxy) is 4. The van der Waals surface area contributed by atoms with Crippen molar-refractivity contribution in [3.63, 3.8) is 0 Å². The fourth-order valence-electron chi connectivity index (χ4n) is 18.8. The van der Waals surface area contributed by atoms with E-state index in [4.69, 9.17) is 18.9 Å². The molecule has 68 heavy (non-hydrogen) atoms. The highest BCUT2D eigenvalue weighted by Gasteiger charge is 2.71. The van der Waals surface area contributed by atoms with E-state index >= 15 is 0 Å². The van der Waals surface area contributed by atoms with Crippen LogP contribution in [0.3, 0.4) is 0 Å². The Balaban J connectivity index is 0.972. The second-order valence-corrected chi connectivity index (χ2v) is 26.9. The van der Waals surface area contributed by atoms with Crippen LogP contribution in [0.15, 0.2) is 58.2 Å². The fraction of sp³-hybridized carbons (Fsp3) is 0.683. The first-order valence-electron chi connectivity index (χ1n) is 26.1. The van der Waals surface area contributed by atoms with Gasteiger partial charge < -0.3 is 24.1 Å². The van der Waals surface area contributed by atoms with Crippen LogP contribution in [0, 0.1) is 68.0 Å². The van der Waals surface area contributed by atoms with Gasteiger partial charge in [-0.25, -0.2) is 0 Å². The Hall–Kier alpha value is -3.91. The molecule has 9 aliphatic carbocycles. The minimum Gasteiger partial charge on any atom is -0.471 e. The van der Waals surface area contributed by atoms with E-state index < -0.39 is 33.4 Å². The number of benzene rings is 1. The molecule has 14 unspecified atom stereocenters. The van der Waals surface area contributed by atoms with Gasteiger partial charge in [0.05, 0.1) is 25.0 Å². The molecule has 1 heterocycles. The average Bonchev–Trinajstić information content (AvgIpc) is 3.29. The first kappa shape index (κ1) is 46.5. The van der Waals surface area contributed by atoms with E-state index in [0.717, 1.165) is 106 Å². The van der Waals surface area contributed by atoms with E-state index in [1.807, 2.05) is 13.8 Å². The molecule has 8 nitrogen and oxygen atoms in total. The van der Waals surface area contributed by atoms with Crippen LogP contribution in [0.25, 0.3) is 6.08 Å². The first-order valence-corrected chi connectivity index (χ1v) is 26.1. The number of hydrogen-bond acceptors (Lipinski definition) is 8. The van der Waals surface area contributed by atoms with Crippen molar-refractivity contribution in [3.05, 3.63) is 74.9 Å². The third-order valence-corrected chi connectivity index (χ3v) is 23.4. The van der Waals surface area contributed by atoms with Gasteiger partial charge in [0.1, 0.15) is 0 Å². The van der Waals surface area contributed by atoms with Crippen LogP contribution in [0.4, 0.5) is 0 Å². The molecule has 0 aromatic heterocycles. The SMILES string of the molecule is COC(=O)C1(C)CCC2(C)CC(C)=C3C4=CC=C5C(=CC(=O)C6(O)Oc7c(cc8c(c7C)C=CC7C8(C)CCC8(C)C9CC(C)(C(=O)OC)CCC9(C)CCC78C)OC56C)C4(C)CCC3(C)C2C1. The maximum Gasteiger partial charge on any atom is 0.317 e. The molecule has 0 amide bonds. The molecule has 0 bridgehead atoms. The molecule has 5 fully saturated rings. The lowest BCUT2D eigenvalue weighted by Gasteiger charge is -2.71. The van der Waals surface area contributed by atoms with E-state index in [1.54, 1.807) is 6.08 Å². The Morgan fingerprint density at radius 3 is 1.93 bits per heavy atom. The van der Waals surface area contributed by atoms with E-state index in [1.165, 1.54) is 36.5 Å². The molecular weight excluding hydrogens is 849 g/mol. The molecule has 0 saturated heterocycles. The van der Waals surface area contributed by atoms with Crippen molar-refractivity contribution in [2.45, 2.75) is 183 Å². The predicted octanol–water partition coefficient (Wildman–Crippen LogP) is 12.6. The van der Waals surface area contributed by atoms with Gasteiger partial charge in [0.2, 0.25) is 11.4 Å². The largest absolute Gasteiger partial charge is 0.471 e. The Morgan fingerprint density at radius 2 is 1.26 bits per heavy atom. The quantitative estimate of drug-likeness (QED) is 0.292. The highest BCUT2D eigenvalue weighted by atomic mass is 16.7. The highest BCUT2D eigenvalue weighted by molar-refractivity contribution is 6.02. The lowest BCUT2D eigenvalue weighted by atomic mass is 9.33. The zero-order chi connectivity index (χ0) is 49.0. The molecule has 366 valence electrons. The van der Waals surface area contributed by atoms with E-state index in [0.29, 0.717) is 17.4 Å². The van der Waals surface area contributed by atoms with Crippen molar-refractivity contribution in [2.24, 2.45) is 61.1 Å². The molecule has 1 aromatic carbocycles. The minimum absolute atomic E-state index is 0.0121. The van der Waals surface area contributed by atoms with Gasteiger partial charge in [-0.05, 0) is 203 Å². The summed E-state index contributed by atoms with van der Waals surface area (Å²) in [6, 6.07) is 2.20. The molecule has 8 heteroatoms. The summed E-state index contributed by atoms with van der Waals surface area (Å²) in [5.74, 6) is -1.03. The summed E-state index contributed by atoms with van der Waals surface area (Å²) in [7, 11) is 3.06. The number of allylic oxidation sites excluding steroid dienone is 6. The highest BCUT2D eigenvalue weighted by Crippen LogP contribution is 2.76. The zero-order valence-electron chi connectivity index (χ0n) is 43.7. The van der Waals surface area contributed by atoms with Crippen molar-refractivity contribution in [2.75, 3.05) is 14.2 Å². The number of esters is 2. The van der Waals surface area contributed by atoms with Crippen molar-refractivity contribution in [3.8, 4) is 11.5 Å². The Morgan fingerprint density at radius 1 is 0.676 bits per heavy atom. The topological polar surface area (TPSA) is 108 Å².